The van der Waals surface area contributed by atoms with Gasteiger partial charge in [0.05, 0.1) is 30.7 Å². The Labute approximate surface area is 173 Å². The van der Waals surface area contributed by atoms with Crippen LogP contribution in [0.4, 0.5) is 35.0 Å². The van der Waals surface area contributed by atoms with E-state index in [-0.39, 0.29) is 18.0 Å². The number of nitrogens with zero attached hydrogens (tertiary/aromatic N) is 2. The maximum Gasteiger partial charge on any atom is 0.420 e. The number of alkyl halides is 3. The third-order valence-corrected chi connectivity index (χ3v) is 4.85. The largest absolute Gasteiger partial charge is 0.496 e. The van der Waals surface area contributed by atoms with Crippen LogP contribution in [0.5, 0.6) is 11.5 Å². The number of ether oxygens (including phenoxy) is 2. The summed E-state index contributed by atoms with van der Waals surface area (Å²) in [5.74, 6) is 0.254. The second-order valence-corrected chi connectivity index (χ2v) is 6.99. The molecule has 0 unspecified atom stereocenters. The lowest BCUT2D eigenvalue weighted by atomic mass is 10.1. The van der Waals surface area contributed by atoms with Gasteiger partial charge < -0.3 is 19.7 Å². The number of carbonyl (C=O) groups is 1. The maximum absolute atomic E-state index is 13.4. The van der Waals surface area contributed by atoms with E-state index in [1.54, 1.807) is 12.1 Å². The van der Waals surface area contributed by atoms with E-state index in [0.29, 0.717) is 30.0 Å². The maximum atomic E-state index is 13.4. The van der Waals surface area contributed by atoms with E-state index >= 15 is 0 Å². The lowest BCUT2D eigenvalue weighted by Crippen LogP contribution is -2.33. The molecule has 0 aliphatic carbocycles. The van der Waals surface area contributed by atoms with E-state index < -0.39 is 17.8 Å². The summed E-state index contributed by atoms with van der Waals surface area (Å²) >= 11 is 0. The molecule has 0 bridgehead atoms. The Morgan fingerprint density at radius 2 is 2.00 bits per heavy atom. The minimum absolute atomic E-state index is 0.224. The number of methoxy groups -OCH3 is 1. The number of amides is 2. The quantitative estimate of drug-likeness (QED) is 0.753. The molecule has 2 aromatic carbocycles. The normalized spacial score (nSPS) is 13.1. The summed E-state index contributed by atoms with van der Waals surface area (Å²) in [6.07, 6.45) is -4.15. The summed E-state index contributed by atoms with van der Waals surface area (Å²) in [4.78, 5) is 16.1. The first-order valence-corrected chi connectivity index (χ1v) is 9.47. The second-order valence-electron chi connectivity index (χ2n) is 6.99. The zero-order valence-corrected chi connectivity index (χ0v) is 17.3. The van der Waals surface area contributed by atoms with Crippen LogP contribution in [0.25, 0.3) is 0 Å². The van der Waals surface area contributed by atoms with Gasteiger partial charge in [-0.3, -0.25) is 4.90 Å². The van der Waals surface area contributed by atoms with Gasteiger partial charge in [0, 0.05) is 26.3 Å². The average molecular weight is 423 g/mol. The highest BCUT2D eigenvalue weighted by atomic mass is 19.4. The number of para-hydroxylation sites is 1. The number of rotatable bonds is 5. The van der Waals surface area contributed by atoms with Crippen LogP contribution in [0.2, 0.25) is 0 Å². The summed E-state index contributed by atoms with van der Waals surface area (Å²) in [5.41, 5.74) is 1.17. The highest BCUT2D eigenvalue weighted by molar-refractivity contribution is 6.04. The van der Waals surface area contributed by atoms with Gasteiger partial charge in [0.15, 0.2) is 5.75 Å². The van der Waals surface area contributed by atoms with Crippen LogP contribution in [0.15, 0.2) is 30.3 Å². The molecular weight excluding hydrogens is 399 g/mol. The van der Waals surface area contributed by atoms with Crippen LogP contribution >= 0.6 is 0 Å². The van der Waals surface area contributed by atoms with Gasteiger partial charge in [-0.05, 0) is 43.2 Å². The SMILES string of the molecule is CCOc1c(NC(=O)N2CCc3cc(OC)c(C(F)(F)F)cc32)cccc1N(C)C. The van der Waals surface area contributed by atoms with Crippen molar-refractivity contribution in [1.82, 2.24) is 0 Å². The van der Waals surface area contributed by atoms with E-state index in [1.807, 2.05) is 32.0 Å². The lowest BCUT2D eigenvalue weighted by molar-refractivity contribution is -0.138. The Morgan fingerprint density at radius 3 is 2.60 bits per heavy atom. The Kier molecular flexibility index (Phi) is 6.00. The van der Waals surface area contributed by atoms with E-state index in [0.717, 1.165) is 11.8 Å². The van der Waals surface area contributed by atoms with E-state index in [1.165, 1.54) is 18.1 Å². The molecule has 162 valence electrons. The molecular formula is C21H24F3N3O3. The molecule has 0 fully saturated rings. The van der Waals surface area contributed by atoms with E-state index in [2.05, 4.69) is 5.32 Å². The highest BCUT2D eigenvalue weighted by Gasteiger charge is 2.37. The average Bonchev–Trinajstić information content (AvgIpc) is 3.10. The molecule has 0 radical (unpaired) electrons. The first-order valence-electron chi connectivity index (χ1n) is 9.47. The van der Waals surface area contributed by atoms with Crippen LogP contribution in [0, 0.1) is 0 Å². The monoisotopic (exact) mass is 423 g/mol. The molecule has 30 heavy (non-hydrogen) atoms. The molecule has 1 heterocycles. The van der Waals surface area contributed by atoms with Crippen molar-refractivity contribution in [3.63, 3.8) is 0 Å². The van der Waals surface area contributed by atoms with Crippen molar-refractivity contribution in [3.8, 4) is 11.5 Å². The van der Waals surface area contributed by atoms with Crippen LogP contribution in [0.1, 0.15) is 18.1 Å². The standard InChI is InChI=1S/C21H24F3N3O3/c1-5-30-19-15(7-6-8-16(19)26(2)3)25-20(28)27-10-9-13-11-18(29-4)14(12-17(13)27)21(22,23)24/h6-8,11-12H,5,9-10H2,1-4H3,(H,25,28). The first kappa shape index (κ1) is 21.6. The zero-order valence-electron chi connectivity index (χ0n) is 17.3. The molecule has 0 atom stereocenters. The van der Waals surface area contributed by atoms with Crippen LogP contribution in [-0.4, -0.2) is 40.4 Å². The number of fused-ring (bicyclic) bond motifs is 1. The molecule has 2 aromatic rings. The van der Waals surface area contributed by atoms with Gasteiger partial charge in [-0.1, -0.05) is 6.07 Å². The molecule has 1 aliphatic heterocycles. The number of anilines is 3. The molecule has 2 amide bonds. The number of halogens is 3. The molecule has 1 aliphatic rings. The van der Waals surface area contributed by atoms with E-state index in [4.69, 9.17) is 9.47 Å². The fourth-order valence-electron chi connectivity index (χ4n) is 3.47. The number of nitrogens with one attached hydrogen (secondary N) is 1. The molecule has 0 aromatic heterocycles. The van der Waals surface area contributed by atoms with Crippen LogP contribution in [-0.2, 0) is 12.6 Å². The Bertz CT molecular complexity index is 945. The number of urea groups is 1. The van der Waals surface area contributed by atoms with Crippen molar-refractivity contribution < 1.29 is 27.4 Å². The number of carbonyl (C=O) groups excluding carboxylic acids is 1. The van der Waals surface area contributed by atoms with Crippen LogP contribution < -0.4 is 24.6 Å². The van der Waals surface area contributed by atoms with Crippen molar-refractivity contribution in [2.24, 2.45) is 0 Å². The third kappa shape index (κ3) is 4.10. The predicted molar refractivity (Wildman–Crippen MR) is 110 cm³/mol. The minimum Gasteiger partial charge on any atom is -0.496 e. The number of hydrogen-bond acceptors (Lipinski definition) is 4. The van der Waals surface area contributed by atoms with Gasteiger partial charge in [0.25, 0.3) is 0 Å². The smallest absolute Gasteiger partial charge is 0.420 e. The van der Waals surface area contributed by atoms with Crippen molar-refractivity contribution >= 4 is 23.1 Å². The molecule has 0 saturated carbocycles. The van der Waals surface area contributed by atoms with Crippen molar-refractivity contribution in [2.75, 3.05) is 49.5 Å². The molecule has 0 spiro atoms. The summed E-state index contributed by atoms with van der Waals surface area (Å²) in [6.45, 7) is 2.50. The number of benzene rings is 2. The number of hydrogen-bond donors (Lipinski definition) is 1. The Hall–Kier alpha value is -3.10. The Morgan fingerprint density at radius 1 is 1.27 bits per heavy atom. The molecule has 1 N–H and O–H groups in total. The van der Waals surface area contributed by atoms with E-state index in [9.17, 15) is 18.0 Å². The van der Waals surface area contributed by atoms with Crippen molar-refractivity contribution in [2.45, 2.75) is 19.5 Å². The molecule has 6 nitrogen and oxygen atoms in total. The zero-order chi connectivity index (χ0) is 22.1. The van der Waals surface area contributed by atoms with Gasteiger partial charge in [0.2, 0.25) is 0 Å². The van der Waals surface area contributed by atoms with Crippen molar-refractivity contribution in [1.29, 1.82) is 0 Å². The third-order valence-electron chi connectivity index (χ3n) is 4.85. The fourth-order valence-corrected chi connectivity index (χ4v) is 3.47. The van der Waals surface area contributed by atoms with Crippen LogP contribution in [0.3, 0.4) is 0 Å². The highest BCUT2D eigenvalue weighted by Crippen LogP contribution is 2.42. The second kappa shape index (κ2) is 8.33. The van der Waals surface area contributed by atoms with Crippen molar-refractivity contribution in [3.05, 3.63) is 41.5 Å². The Balaban J connectivity index is 1.94. The van der Waals surface area contributed by atoms with Gasteiger partial charge in [-0.25, -0.2) is 4.79 Å². The van der Waals surface area contributed by atoms with Gasteiger partial charge in [-0.2, -0.15) is 13.2 Å². The lowest BCUT2D eigenvalue weighted by Gasteiger charge is -2.23. The summed E-state index contributed by atoms with van der Waals surface area (Å²) in [7, 11) is 4.90. The fraction of sp³-hybridized carbons (Fsp3) is 0.381. The van der Waals surface area contributed by atoms with Gasteiger partial charge >= 0.3 is 12.2 Å². The molecule has 9 heteroatoms. The van der Waals surface area contributed by atoms with Gasteiger partial charge in [-0.15, -0.1) is 0 Å². The first-order chi connectivity index (χ1) is 14.2. The summed E-state index contributed by atoms with van der Waals surface area (Å²) in [5, 5.41) is 2.78. The summed E-state index contributed by atoms with van der Waals surface area (Å²) in [6, 6.07) is 7.13. The molecule has 3 rings (SSSR count). The predicted octanol–water partition coefficient (Wildman–Crippen LogP) is 4.77. The van der Waals surface area contributed by atoms with Gasteiger partial charge in [0.1, 0.15) is 5.75 Å². The molecule has 0 saturated heterocycles. The topological polar surface area (TPSA) is 54.0 Å². The minimum atomic E-state index is -4.59. The summed E-state index contributed by atoms with van der Waals surface area (Å²) < 4.78 is 50.9.